The average molecular weight is 388 g/mol. The molecular formula is C19H14F2N2O5. The molecule has 0 aliphatic rings. The third-order valence-electron chi connectivity index (χ3n) is 3.82. The van der Waals surface area contributed by atoms with Gasteiger partial charge in [0.1, 0.15) is 18.2 Å². The van der Waals surface area contributed by atoms with Crippen molar-refractivity contribution < 1.29 is 27.7 Å². The van der Waals surface area contributed by atoms with Gasteiger partial charge in [0.25, 0.3) is 11.6 Å². The number of rotatable bonds is 6. The van der Waals surface area contributed by atoms with Crippen LogP contribution in [-0.2, 0) is 6.61 Å². The first-order chi connectivity index (χ1) is 13.3. The molecule has 1 N–H and O–H groups in total. The second-order valence-corrected chi connectivity index (χ2v) is 5.84. The van der Waals surface area contributed by atoms with Crippen molar-refractivity contribution in [2.75, 3.05) is 5.32 Å². The molecule has 1 heterocycles. The lowest BCUT2D eigenvalue weighted by Crippen LogP contribution is -2.12. The minimum Gasteiger partial charge on any atom is -0.483 e. The Morgan fingerprint density at radius 2 is 1.96 bits per heavy atom. The second kappa shape index (κ2) is 7.87. The topological polar surface area (TPSA) is 94.6 Å². The van der Waals surface area contributed by atoms with Crippen molar-refractivity contribution in [3.05, 3.63) is 87.4 Å². The maximum absolute atomic E-state index is 13.5. The highest BCUT2D eigenvalue weighted by molar-refractivity contribution is 6.02. The van der Waals surface area contributed by atoms with E-state index in [2.05, 4.69) is 5.32 Å². The number of carbonyl (C=O) groups excluding carboxylic acids is 1. The summed E-state index contributed by atoms with van der Waals surface area (Å²) in [6.07, 6.45) is 0. The van der Waals surface area contributed by atoms with Crippen LogP contribution in [0.2, 0.25) is 0 Å². The van der Waals surface area contributed by atoms with Crippen molar-refractivity contribution in [2.45, 2.75) is 13.5 Å². The number of furan rings is 1. The van der Waals surface area contributed by atoms with E-state index in [0.29, 0.717) is 17.3 Å². The number of ether oxygens (including phenoxy) is 1. The first kappa shape index (κ1) is 19.0. The number of nitro groups is 1. The van der Waals surface area contributed by atoms with Crippen molar-refractivity contribution >= 4 is 17.3 Å². The normalized spacial score (nSPS) is 10.5. The summed E-state index contributed by atoms with van der Waals surface area (Å²) in [4.78, 5) is 22.5. The highest BCUT2D eigenvalue weighted by Gasteiger charge is 2.15. The standard InChI is InChI=1S/C19H14F2N2O5/c1-11-8-13(23(25)26)3-5-16(11)22-19(24)18-7-4-14(28-18)10-27-17-6-2-12(20)9-15(17)21/h2-9H,10H2,1H3,(H,22,24). The molecule has 144 valence electrons. The maximum atomic E-state index is 13.5. The smallest absolute Gasteiger partial charge is 0.291 e. The number of nitrogens with one attached hydrogen (secondary N) is 1. The minimum atomic E-state index is -0.849. The van der Waals surface area contributed by atoms with Crippen molar-refractivity contribution in [3.8, 4) is 5.75 Å². The molecule has 0 aliphatic heterocycles. The van der Waals surface area contributed by atoms with E-state index < -0.39 is 22.5 Å². The molecule has 3 aromatic rings. The molecule has 0 radical (unpaired) electrons. The van der Waals surface area contributed by atoms with Crippen LogP contribution in [0.3, 0.4) is 0 Å². The Balaban J connectivity index is 1.64. The fourth-order valence-electron chi connectivity index (χ4n) is 2.40. The predicted octanol–water partition coefficient (Wildman–Crippen LogP) is 4.61. The number of halogens is 2. The zero-order chi connectivity index (χ0) is 20.3. The Morgan fingerprint density at radius 3 is 2.64 bits per heavy atom. The summed E-state index contributed by atoms with van der Waals surface area (Å²) in [5, 5.41) is 13.4. The third kappa shape index (κ3) is 4.32. The lowest BCUT2D eigenvalue weighted by Gasteiger charge is -2.07. The third-order valence-corrected chi connectivity index (χ3v) is 3.82. The van der Waals surface area contributed by atoms with Crippen LogP contribution in [0.4, 0.5) is 20.2 Å². The molecule has 1 amide bonds. The van der Waals surface area contributed by atoms with Gasteiger partial charge in [-0.1, -0.05) is 0 Å². The van der Waals surface area contributed by atoms with Crippen LogP contribution in [0.25, 0.3) is 0 Å². The summed E-state index contributed by atoms with van der Waals surface area (Å²) >= 11 is 0. The zero-order valence-corrected chi connectivity index (χ0v) is 14.6. The summed E-state index contributed by atoms with van der Waals surface area (Å²) in [5.74, 6) is -2.03. The highest BCUT2D eigenvalue weighted by atomic mass is 19.1. The highest BCUT2D eigenvalue weighted by Crippen LogP contribution is 2.23. The Hall–Kier alpha value is -3.75. The fourth-order valence-corrected chi connectivity index (χ4v) is 2.40. The lowest BCUT2D eigenvalue weighted by atomic mass is 10.2. The van der Waals surface area contributed by atoms with Crippen LogP contribution in [0.15, 0.2) is 52.9 Å². The number of non-ortho nitro benzene ring substituents is 1. The molecule has 0 fully saturated rings. The number of carbonyl (C=O) groups is 1. The summed E-state index contributed by atoms with van der Waals surface area (Å²) in [7, 11) is 0. The molecular weight excluding hydrogens is 374 g/mol. The van der Waals surface area contributed by atoms with Crippen LogP contribution in [0.1, 0.15) is 21.9 Å². The predicted molar refractivity (Wildman–Crippen MR) is 95.2 cm³/mol. The number of amides is 1. The van der Waals surface area contributed by atoms with Crippen molar-refractivity contribution in [3.63, 3.8) is 0 Å². The van der Waals surface area contributed by atoms with Crippen LogP contribution < -0.4 is 10.1 Å². The SMILES string of the molecule is Cc1cc([N+](=O)[O-])ccc1NC(=O)c1ccc(COc2ccc(F)cc2F)o1. The molecule has 0 spiro atoms. The number of aryl methyl sites for hydroxylation is 1. The van der Waals surface area contributed by atoms with Gasteiger partial charge < -0.3 is 14.5 Å². The van der Waals surface area contributed by atoms with Gasteiger partial charge in [-0.15, -0.1) is 0 Å². The van der Waals surface area contributed by atoms with Gasteiger partial charge in [0.2, 0.25) is 0 Å². The van der Waals surface area contributed by atoms with E-state index in [-0.39, 0.29) is 29.6 Å². The van der Waals surface area contributed by atoms with E-state index in [0.717, 1.165) is 12.1 Å². The van der Waals surface area contributed by atoms with Gasteiger partial charge in [-0.3, -0.25) is 14.9 Å². The Bertz CT molecular complexity index is 1050. The van der Waals surface area contributed by atoms with E-state index in [9.17, 15) is 23.7 Å². The largest absolute Gasteiger partial charge is 0.483 e. The molecule has 0 bridgehead atoms. The van der Waals surface area contributed by atoms with E-state index in [1.54, 1.807) is 6.92 Å². The lowest BCUT2D eigenvalue weighted by molar-refractivity contribution is -0.384. The first-order valence-electron chi connectivity index (χ1n) is 8.06. The number of hydrogen-bond acceptors (Lipinski definition) is 5. The van der Waals surface area contributed by atoms with E-state index in [1.165, 1.54) is 30.3 Å². The number of nitro benzene ring substituents is 1. The summed E-state index contributed by atoms with van der Waals surface area (Å²) in [6, 6.07) is 9.85. The zero-order valence-electron chi connectivity index (χ0n) is 14.6. The van der Waals surface area contributed by atoms with Crippen LogP contribution in [-0.4, -0.2) is 10.8 Å². The van der Waals surface area contributed by atoms with Gasteiger partial charge in [0.05, 0.1) is 4.92 Å². The molecule has 0 saturated carbocycles. The van der Waals surface area contributed by atoms with Crippen molar-refractivity contribution in [2.24, 2.45) is 0 Å². The van der Waals surface area contributed by atoms with Gasteiger partial charge >= 0.3 is 0 Å². The molecule has 0 aliphatic carbocycles. The number of nitrogens with zero attached hydrogens (tertiary/aromatic N) is 1. The van der Waals surface area contributed by atoms with Gasteiger partial charge in [-0.05, 0) is 42.8 Å². The molecule has 0 saturated heterocycles. The van der Waals surface area contributed by atoms with Gasteiger partial charge in [0, 0.05) is 23.9 Å². The van der Waals surface area contributed by atoms with Crippen molar-refractivity contribution in [1.82, 2.24) is 0 Å². The number of benzene rings is 2. The molecule has 1 aromatic heterocycles. The Kier molecular flexibility index (Phi) is 5.35. The second-order valence-electron chi connectivity index (χ2n) is 5.84. The molecule has 0 unspecified atom stereocenters. The number of hydrogen-bond donors (Lipinski definition) is 1. The van der Waals surface area contributed by atoms with Gasteiger partial charge in [-0.25, -0.2) is 8.78 Å². The molecule has 3 rings (SSSR count). The molecule has 7 nitrogen and oxygen atoms in total. The quantitative estimate of drug-likeness (QED) is 0.492. The van der Waals surface area contributed by atoms with E-state index in [1.807, 2.05) is 0 Å². The first-order valence-corrected chi connectivity index (χ1v) is 8.06. The van der Waals surface area contributed by atoms with E-state index in [4.69, 9.17) is 9.15 Å². The Labute approximate surface area is 157 Å². The summed E-state index contributed by atoms with van der Waals surface area (Å²) in [6.45, 7) is 1.47. The minimum absolute atomic E-state index is 0.0177. The molecule has 9 heteroatoms. The van der Waals surface area contributed by atoms with Crippen LogP contribution in [0.5, 0.6) is 5.75 Å². The van der Waals surface area contributed by atoms with Gasteiger partial charge in [-0.2, -0.15) is 0 Å². The monoisotopic (exact) mass is 388 g/mol. The summed E-state index contributed by atoms with van der Waals surface area (Å²) in [5.41, 5.74) is 0.837. The average Bonchev–Trinajstić information content (AvgIpc) is 3.11. The molecule has 28 heavy (non-hydrogen) atoms. The van der Waals surface area contributed by atoms with E-state index >= 15 is 0 Å². The maximum Gasteiger partial charge on any atom is 0.291 e. The van der Waals surface area contributed by atoms with Crippen LogP contribution >= 0.6 is 0 Å². The number of anilines is 1. The van der Waals surface area contributed by atoms with Crippen LogP contribution in [0, 0.1) is 28.7 Å². The summed E-state index contributed by atoms with van der Waals surface area (Å²) < 4.78 is 37.0. The molecule has 0 atom stereocenters. The Morgan fingerprint density at radius 1 is 1.18 bits per heavy atom. The van der Waals surface area contributed by atoms with Gasteiger partial charge in [0.15, 0.2) is 17.3 Å². The molecule has 2 aromatic carbocycles. The van der Waals surface area contributed by atoms with Crippen molar-refractivity contribution in [1.29, 1.82) is 0 Å². The fraction of sp³-hybridized carbons (Fsp3) is 0.105.